The number of carbonyl (C=O) groups is 1. The van der Waals surface area contributed by atoms with Crippen molar-refractivity contribution in [1.29, 1.82) is 0 Å². The van der Waals surface area contributed by atoms with Crippen LogP contribution in [-0.2, 0) is 9.53 Å². The van der Waals surface area contributed by atoms with E-state index >= 15 is 0 Å². The Hall–Kier alpha value is -1.20. The topological polar surface area (TPSA) is 51.2 Å². The van der Waals surface area contributed by atoms with E-state index in [9.17, 15) is 4.79 Å². The molecule has 1 aromatic heterocycles. The van der Waals surface area contributed by atoms with Gasteiger partial charge in [-0.3, -0.25) is 9.78 Å². The number of thioether (sulfide) groups is 1. The van der Waals surface area contributed by atoms with Crippen molar-refractivity contribution in [3.63, 3.8) is 0 Å². The molecule has 84 valence electrons. The zero-order chi connectivity index (χ0) is 11.5. The SMILES string of the molecule is COC1=C(C(=O)Cl)NC(c2cccnc2)S1. The number of hydrogen-bond donors (Lipinski definition) is 1. The van der Waals surface area contributed by atoms with Gasteiger partial charge in [0.05, 0.1) is 7.11 Å². The van der Waals surface area contributed by atoms with Gasteiger partial charge in [-0.15, -0.1) is 0 Å². The second-order valence-corrected chi connectivity index (χ2v) is 4.49. The predicted octanol–water partition coefficient (Wildman–Crippen LogP) is 2.00. The average molecular weight is 257 g/mol. The third-order valence-corrected chi connectivity index (χ3v) is 3.47. The smallest absolute Gasteiger partial charge is 0.272 e. The lowest BCUT2D eigenvalue weighted by Gasteiger charge is -2.10. The zero-order valence-corrected chi connectivity index (χ0v) is 10.0. The van der Waals surface area contributed by atoms with Crippen molar-refractivity contribution in [1.82, 2.24) is 10.3 Å². The minimum absolute atomic E-state index is 0.0821. The number of methoxy groups -OCH3 is 1. The lowest BCUT2D eigenvalue weighted by atomic mass is 10.3. The van der Waals surface area contributed by atoms with Crippen LogP contribution in [0.2, 0.25) is 0 Å². The van der Waals surface area contributed by atoms with E-state index in [-0.39, 0.29) is 5.37 Å². The lowest BCUT2D eigenvalue weighted by molar-refractivity contribution is -0.109. The first-order valence-corrected chi connectivity index (χ1v) is 5.79. The highest BCUT2D eigenvalue weighted by Crippen LogP contribution is 2.40. The number of rotatable bonds is 3. The Morgan fingerprint density at radius 2 is 2.50 bits per heavy atom. The number of hydrogen-bond acceptors (Lipinski definition) is 5. The molecule has 0 saturated carbocycles. The molecule has 0 saturated heterocycles. The summed E-state index contributed by atoms with van der Waals surface area (Å²) in [6.07, 6.45) is 3.43. The Morgan fingerprint density at radius 1 is 1.69 bits per heavy atom. The van der Waals surface area contributed by atoms with E-state index in [0.717, 1.165) is 5.56 Å². The molecule has 6 heteroatoms. The fourth-order valence-electron chi connectivity index (χ4n) is 1.36. The van der Waals surface area contributed by atoms with Gasteiger partial charge in [-0.1, -0.05) is 17.8 Å². The predicted molar refractivity (Wildman–Crippen MR) is 62.6 cm³/mol. The maximum atomic E-state index is 11.1. The van der Waals surface area contributed by atoms with Crippen LogP contribution in [-0.4, -0.2) is 17.3 Å². The first-order chi connectivity index (χ1) is 7.72. The highest BCUT2D eigenvalue weighted by molar-refractivity contribution is 8.03. The van der Waals surface area contributed by atoms with Gasteiger partial charge in [-0.2, -0.15) is 0 Å². The summed E-state index contributed by atoms with van der Waals surface area (Å²) in [5, 5.41) is 2.88. The molecule has 0 fully saturated rings. The minimum atomic E-state index is -0.546. The van der Waals surface area contributed by atoms with Crippen molar-refractivity contribution in [2.24, 2.45) is 0 Å². The maximum absolute atomic E-state index is 11.1. The van der Waals surface area contributed by atoms with Crippen LogP contribution < -0.4 is 5.32 Å². The number of pyridine rings is 1. The van der Waals surface area contributed by atoms with Gasteiger partial charge in [0.15, 0.2) is 5.09 Å². The van der Waals surface area contributed by atoms with Gasteiger partial charge in [0.1, 0.15) is 11.1 Å². The Bertz CT molecular complexity index is 436. The lowest BCUT2D eigenvalue weighted by Crippen LogP contribution is -2.16. The fourth-order valence-corrected chi connectivity index (χ4v) is 2.58. The normalized spacial score (nSPS) is 19.5. The van der Waals surface area contributed by atoms with Crippen LogP contribution in [0.4, 0.5) is 0 Å². The molecule has 4 nitrogen and oxygen atoms in total. The van der Waals surface area contributed by atoms with Gasteiger partial charge in [0, 0.05) is 18.0 Å². The highest BCUT2D eigenvalue weighted by Gasteiger charge is 2.29. The standard InChI is InChI=1S/C10H9ClN2O2S/c1-15-10-7(8(11)14)13-9(16-10)6-3-2-4-12-5-6/h2-5,9,13H,1H3. The third kappa shape index (κ3) is 2.15. The summed E-state index contributed by atoms with van der Waals surface area (Å²) in [4.78, 5) is 15.1. The van der Waals surface area contributed by atoms with Gasteiger partial charge >= 0.3 is 0 Å². The number of ether oxygens (including phenoxy) is 1. The Balaban J connectivity index is 2.19. The molecule has 0 amide bonds. The summed E-state index contributed by atoms with van der Waals surface area (Å²) >= 11 is 6.84. The number of nitrogens with one attached hydrogen (secondary N) is 1. The molecular formula is C10H9ClN2O2S. The van der Waals surface area contributed by atoms with Gasteiger partial charge in [-0.25, -0.2) is 0 Å². The third-order valence-electron chi connectivity index (χ3n) is 2.07. The van der Waals surface area contributed by atoms with Crippen molar-refractivity contribution in [3.8, 4) is 0 Å². The molecule has 16 heavy (non-hydrogen) atoms. The van der Waals surface area contributed by atoms with E-state index in [0.29, 0.717) is 10.8 Å². The average Bonchev–Trinajstić information content (AvgIpc) is 2.74. The molecule has 1 N–H and O–H groups in total. The van der Waals surface area contributed by atoms with Crippen LogP contribution in [0.1, 0.15) is 10.9 Å². The molecule has 0 radical (unpaired) electrons. The largest absolute Gasteiger partial charge is 0.488 e. The molecule has 0 bridgehead atoms. The maximum Gasteiger partial charge on any atom is 0.272 e. The van der Waals surface area contributed by atoms with E-state index in [1.807, 2.05) is 12.1 Å². The molecule has 2 rings (SSSR count). The minimum Gasteiger partial charge on any atom is -0.488 e. The molecule has 2 heterocycles. The molecule has 0 aromatic carbocycles. The zero-order valence-electron chi connectivity index (χ0n) is 8.44. The summed E-state index contributed by atoms with van der Waals surface area (Å²) in [7, 11) is 1.51. The van der Waals surface area contributed by atoms with E-state index in [4.69, 9.17) is 16.3 Å². The van der Waals surface area contributed by atoms with Crippen molar-refractivity contribution in [2.45, 2.75) is 5.37 Å². The van der Waals surface area contributed by atoms with Crippen LogP contribution in [0, 0.1) is 0 Å². The van der Waals surface area contributed by atoms with Gasteiger partial charge in [0.2, 0.25) is 0 Å². The van der Waals surface area contributed by atoms with Crippen LogP contribution in [0.5, 0.6) is 0 Å². The van der Waals surface area contributed by atoms with Gasteiger partial charge in [-0.05, 0) is 17.7 Å². The Labute approximate surface area is 102 Å². The van der Waals surface area contributed by atoms with Gasteiger partial charge < -0.3 is 10.1 Å². The fraction of sp³-hybridized carbons (Fsp3) is 0.200. The Morgan fingerprint density at radius 3 is 3.00 bits per heavy atom. The van der Waals surface area contributed by atoms with Crippen molar-refractivity contribution < 1.29 is 9.53 Å². The van der Waals surface area contributed by atoms with Crippen LogP contribution >= 0.6 is 23.4 Å². The second kappa shape index (κ2) is 4.76. The van der Waals surface area contributed by atoms with Crippen LogP contribution in [0.15, 0.2) is 35.3 Å². The molecule has 1 aliphatic rings. The van der Waals surface area contributed by atoms with E-state index in [1.54, 1.807) is 12.4 Å². The molecule has 0 aliphatic carbocycles. The van der Waals surface area contributed by atoms with Crippen LogP contribution in [0.3, 0.4) is 0 Å². The highest BCUT2D eigenvalue weighted by atomic mass is 35.5. The van der Waals surface area contributed by atoms with E-state index < -0.39 is 5.24 Å². The first kappa shape index (κ1) is 11.3. The summed E-state index contributed by atoms with van der Waals surface area (Å²) < 4.78 is 5.09. The van der Waals surface area contributed by atoms with Crippen molar-refractivity contribution in [3.05, 3.63) is 40.9 Å². The summed E-state index contributed by atoms with van der Waals surface area (Å²) in [6, 6.07) is 3.76. The van der Waals surface area contributed by atoms with Crippen molar-refractivity contribution >= 4 is 28.6 Å². The number of allylic oxidation sites excluding steroid dienone is 1. The molecule has 1 unspecified atom stereocenters. The molecule has 0 spiro atoms. The monoisotopic (exact) mass is 256 g/mol. The summed E-state index contributed by atoms with van der Waals surface area (Å²) in [6.45, 7) is 0. The van der Waals surface area contributed by atoms with E-state index in [1.165, 1.54) is 18.9 Å². The quantitative estimate of drug-likeness (QED) is 0.839. The summed E-state index contributed by atoms with van der Waals surface area (Å²) in [5.74, 6) is 0. The van der Waals surface area contributed by atoms with Gasteiger partial charge in [0.25, 0.3) is 5.24 Å². The number of halogens is 1. The second-order valence-electron chi connectivity index (χ2n) is 3.07. The molecule has 1 atom stereocenters. The molecule has 1 aliphatic heterocycles. The van der Waals surface area contributed by atoms with E-state index in [2.05, 4.69) is 10.3 Å². The molecular weight excluding hydrogens is 248 g/mol. The summed E-state index contributed by atoms with van der Waals surface area (Å²) in [5.41, 5.74) is 1.28. The number of aromatic nitrogens is 1. The van der Waals surface area contributed by atoms with Crippen molar-refractivity contribution in [2.75, 3.05) is 7.11 Å². The van der Waals surface area contributed by atoms with Crippen LogP contribution in [0.25, 0.3) is 0 Å². The Kier molecular flexibility index (Phi) is 3.36. The number of carbonyl (C=O) groups excluding carboxylic acids is 1. The first-order valence-electron chi connectivity index (χ1n) is 4.53. The molecule has 1 aromatic rings. The number of nitrogens with zero attached hydrogens (tertiary/aromatic N) is 1.